The molecular formula is C11H25NO2. The van der Waals surface area contributed by atoms with E-state index in [1.807, 2.05) is 20.8 Å². The molecule has 0 aromatic carbocycles. The van der Waals surface area contributed by atoms with Crippen molar-refractivity contribution in [1.82, 2.24) is 5.32 Å². The van der Waals surface area contributed by atoms with E-state index in [4.69, 9.17) is 4.74 Å². The van der Waals surface area contributed by atoms with Crippen molar-refractivity contribution in [2.45, 2.75) is 58.8 Å². The SMILES string of the molecule is CC(C)(C)NCC(O)COC(C)(C)C. The zero-order valence-electron chi connectivity index (χ0n) is 10.3. The minimum absolute atomic E-state index is 0.0444. The summed E-state index contributed by atoms with van der Waals surface area (Å²) >= 11 is 0. The predicted molar refractivity (Wildman–Crippen MR) is 59.5 cm³/mol. The summed E-state index contributed by atoms with van der Waals surface area (Å²) in [5.74, 6) is 0. The first-order chi connectivity index (χ1) is 6.10. The van der Waals surface area contributed by atoms with E-state index in [1.54, 1.807) is 0 Å². The maximum absolute atomic E-state index is 9.59. The maximum Gasteiger partial charge on any atom is 0.0898 e. The van der Waals surface area contributed by atoms with E-state index < -0.39 is 6.10 Å². The van der Waals surface area contributed by atoms with Gasteiger partial charge in [-0.25, -0.2) is 0 Å². The van der Waals surface area contributed by atoms with Gasteiger partial charge in [-0.1, -0.05) is 0 Å². The quantitative estimate of drug-likeness (QED) is 0.728. The summed E-state index contributed by atoms with van der Waals surface area (Å²) < 4.78 is 5.47. The Morgan fingerprint density at radius 3 is 2.00 bits per heavy atom. The second-order valence-corrected chi connectivity index (χ2v) is 5.71. The monoisotopic (exact) mass is 203 g/mol. The maximum atomic E-state index is 9.59. The van der Waals surface area contributed by atoms with Crippen molar-refractivity contribution in [3.05, 3.63) is 0 Å². The number of β-amino-alcohol motifs (C(OH)–C–C–N with tert-alkyl or cyclic N) is 1. The van der Waals surface area contributed by atoms with Crippen molar-refractivity contribution in [3.63, 3.8) is 0 Å². The first-order valence-electron chi connectivity index (χ1n) is 5.17. The molecule has 0 heterocycles. The van der Waals surface area contributed by atoms with E-state index in [9.17, 15) is 5.11 Å². The van der Waals surface area contributed by atoms with Gasteiger partial charge < -0.3 is 15.2 Å². The topological polar surface area (TPSA) is 41.5 Å². The van der Waals surface area contributed by atoms with Crippen LogP contribution >= 0.6 is 0 Å². The van der Waals surface area contributed by atoms with Crippen LogP contribution in [-0.4, -0.2) is 35.5 Å². The zero-order valence-corrected chi connectivity index (χ0v) is 10.3. The van der Waals surface area contributed by atoms with Gasteiger partial charge >= 0.3 is 0 Å². The van der Waals surface area contributed by atoms with Gasteiger partial charge in [0.15, 0.2) is 0 Å². The van der Waals surface area contributed by atoms with E-state index in [1.165, 1.54) is 0 Å². The van der Waals surface area contributed by atoms with Crippen molar-refractivity contribution in [3.8, 4) is 0 Å². The molecule has 0 aliphatic carbocycles. The fourth-order valence-corrected chi connectivity index (χ4v) is 0.829. The highest BCUT2D eigenvalue weighted by atomic mass is 16.5. The first-order valence-corrected chi connectivity index (χ1v) is 5.17. The highest BCUT2D eigenvalue weighted by Crippen LogP contribution is 2.07. The average molecular weight is 203 g/mol. The molecule has 0 aromatic rings. The zero-order chi connectivity index (χ0) is 11.4. The Kier molecular flexibility index (Phi) is 5.06. The summed E-state index contributed by atoms with van der Waals surface area (Å²) in [6.07, 6.45) is -0.437. The highest BCUT2D eigenvalue weighted by Gasteiger charge is 2.15. The van der Waals surface area contributed by atoms with Gasteiger partial charge in [0.1, 0.15) is 0 Å². The van der Waals surface area contributed by atoms with Crippen LogP contribution in [0.15, 0.2) is 0 Å². The molecule has 14 heavy (non-hydrogen) atoms. The third-order valence-corrected chi connectivity index (χ3v) is 1.58. The molecule has 0 saturated heterocycles. The van der Waals surface area contributed by atoms with E-state index >= 15 is 0 Å². The third-order valence-electron chi connectivity index (χ3n) is 1.58. The molecule has 0 aliphatic heterocycles. The van der Waals surface area contributed by atoms with Gasteiger partial charge in [0.05, 0.1) is 18.3 Å². The van der Waals surface area contributed by atoms with Crippen LogP contribution in [0.3, 0.4) is 0 Å². The highest BCUT2D eigenvalue weighted by molar-refractivity contribution is 4.73. The molecule has 2 N–H and O–H groups in total. The van der Waals surface area contributed by atoms with Crippen LogP contribution in [0.4, 0.5) is 0 Å². The molecule has 0 rings (SSSR count). The van der Waals surface area contributed by atoms with E-state index in [-0.39, 0.29) is 11.1 Å². The molecule has 0 amide bonds. The number of ether oxygens (including phenoxy) is 1. The Hall–Kier alpha value is -0.120. The van der Waals surface area contributed by atoms with Gasteiger partial charge in [-0.15, -0.1) is 0 Å². The van der Waals surface area contributed by atoms with Crippen LogP contribution in [0.25, 0.3) is 0 Å². The summed E-state index contributed by atoms with van der Waals surface area (Å²) in [7, 11) is 0. The van der Waals surface area contributed by atoms with Crippen molar-refractivity contribution in [2.75, 3.05) is 13.2 Å². The molecule has 0 aromatic heterocycles. The fourth-order valence-electron chi connectivity index (χ4n) is 0.829. The smallest absolute Gasteiger partial charge is 0.0898 e. The molecule has 3 heteroatoms. The summed E-state index contributed by atoms with van der Waals surface area (Å²) in [6.45, 7) is 13.1. The molecular weight excluding hydrogens is 178 g/mol. The van der Waals surface area contributed by atoms with Gasteiger partial charge in [0.25, 0.3) is 0 Å². The van der Waals surface area contributed by atoms with Crippen LogP contribution in [0.1, 0.15) is 41.5 Å². The largest absolute Gasteiger partial charge is 0.389 e. The van der Waals surface area contributed by atoms with Crippen molar-refractivity contribution < 1.29 is 9.84 Å². The number of aliphatic hydroxyl groups is 1. The second-order valence-electron chi connectivity index (χ2n) is 5.71. The molecule has 3 nitrogen and oxygen atoms in total. The lowest BCUT2D eigenvalue weighted by atomic mass is 10.1. The molecule has 1 atom stereocenters. The van der Waals surface area contributed by atoms with Crippen LogP contribution in [0.5, 0.6) is 0 Å². The second kappa shape index (κ2) is 5.10. The van der Waals surface area contributed by atoms with Gasteiger partial charge in [-0.2, -0.15) is 0 Å². The van der Waals surface area contributed by atoms with Gasteiger partial charge in [0, 0.05) is 12.1 Å². The number of rotatable bonds is 4. The molecule has 0 fully saturated rings. The number of nitrogens with one attached hydrogen (secondary N) is 1. The van der Waals surface area contributed by atoms with Gasteiger partial charge in [-0.3, -0.25) is 0 Å². The summed E-state index contributed by atoms with van der Waals surface area (Å²) in [4.78, 5) is 0. The van der Waals surface area contributed by atoms with E-state index in [0.717, 1.165) is 0 Å². The minimum Gasteiger partial charge on any atom is -0.389 e. The van der Waals surface area contributed by atoms with Crippen LogP contribution < -0.4 is 5.32 Å². The lowest BCUT2D eigenvalue weighted by Gasteiger charge is -2.25. The average Bonchev–Trinajstić information content (AvgIpc) is 1.94. The normalized spacial score (nSPS) is 15.6. The Bertz CT molecular complexity index is 138. The lowest BCUT2D eigenvalue weighted by molar-refractivity contribution is -0.0489. The third kappa shape index (κ3) is 9.96. The molecule has 86 valence electrons. The molecule has 0 aliphatic rings. The van der Waals surface area contributed by atoms with Gasteiger partial charge in [0.2, 0.25) is 0 Å². The lowest BCUT2D eigenvalue weighted by Crippen LogP contribution is -2.42. The Morgan fingerprint density at radius 1 is 1.14 bits per heavy atom. The Morgan fingerprint density at radius 2 is 1.64 bits per heavy atom. The Balaban J connectivity index is 3.62. The molecule has 0 radical (unpaired) electrons. The summed E-state index contributed by atoms with van der Waals surface area (Å²) in [6, 6.07) is 0. The summed E-state index contributed by atoms with van der Waals surface area (Å²) in [5.41, 5.74) is -0.134. The van der Waals surface area contributed by atoms with Crippen molar-refractivity contribution in [2.24, 2.45) is 0 Å². The first kappa shape index (κ1) is 13.9. The van der Waals surface area contributed by atoms with Crippen LogP contribution in [-0.2, 0) is 4.74 Å². The Labute approximate surface area is 87.8 Å². The molecule has 0 saturated carbocycles. The summed E-state index contributed by atoms with van der Waals surface area (Å²) in [5, 5.41) is 12.8. The number of hydrogen-bond donors (Lipinski definition) is 2. The van der Waals surface area contributed by atoms with E-state index in [2.05, 4.69) is 26.1 Å². The number of aliphatic hydroxyl groups excluding tert-OH is 1. The van der Waals surface area contributed by atoms with Crippen molar-refractivity contribution in [1.29, 1.82) is 0 Å². The minimum atomic E-state index is -0.437. The molecule has 1 unspecified atom stereocenters. The van der Waals surface area contributed by atoms with Gasteiger partial charge in [-0.05, 0) is 41.5 Å². The fraction of sp³-hybridized carbons (Fsp3) is 1.00. The predicted octanol–water partition coefficient (Wildman–Crippen LogP) is 1.55. The molecule has 0 spiro atoms. The standard InChI is InChI=1S/C11H25NO2/c1-10(2,3)12-7-9(13)8-14-11(4,5)6/h9,12-13H,7-8H2,1-6H3. The van der Waals surface area contributed by atoms with Crippen LogP contribution in [0.2, 0.25) is 0 Å². The van der Waals surface area contributed by atoms with Crippen molar-refractivity contribution >= 4 is 0 Å². The van der Waals surface area contributed by atoms with Crippen LogP contribution in [0, 0.1) is 0 Å². The number of hydrogen-bond acceptors (Lipinski definition) is 3. The molecule has 0 bridgehead atoms. The van der Waals surface area contributed by atoms with E-state index in [0.29, 0.717) is 13.2 Å².